The van der Waals surface area contributed by atoms with Crippen LogP contribution in [0.2, 0.25) is 0 Å². The Bertz CT molecular complexity index is 777. The summed E-state index contributed by atoms with van der Waals surface area (Å²) in [6.07, 6.45) is -0.649. The van der Waals surface area contributed by atoms with E-state index in [0.717, 1.165) is 27.8 Å². The van der Waals surface area contributed by atoms with Crippen molar-refractivity contribution in [3.8, 4) is 5.75 Å². The standard InChI is InChI=1S/C19H18O2/c1-13-7-8-17(12-18(13)21-2)19(20)16-10-9-14-5-3-4-6-15(14)11-16/h3-12,19-20H,1-2H3. The molecular formula is C19H18O2. The fourth-order valence-electron chi connectivity index (χ4n) is 2.58. The lowest BCUT2D eigenvalue weighted by molar-refractivity contribution is 0.220. The van der Waals surface area contributed by atoms with Crippen molar-refractivity contribution in [3.05, 3.63) is 77.4 Å². The highest BCUT2D eigenvalue weighted by molar-refractivity contribution is 5.83. The summed E-state index contributed by atoms with van der Waals surface area (Å²) >= 11 is 0. The SMILES string of the molecule is COc1cc(C(O)c2ccc3ccccc3c2)ccc1C. The minimum absolute atomic E-state index is 0.649. The summed E-state index contributed by atoms with van der Waals surface area (Å²) in [6.45, 7) is 1.99. The maximum Gasteiger partial charge on any atom is 0.122 e. The number of fused-ring (bicyclic) bond motifs is 1. The minimum Gasteiger partial charge on any atom is -0.496 e. The van der Waals surface area contributed by atoms with E-state index in [-0.39, 0.29) is 0 Å². The number of aliphatic hydroxyl groups excluding tert-OH is 1. The lowest BCUT2D eigenvalue weighted by Crippen LogP contribution is -2.00. The van der Waals surface area contributed by atoms with Gasteiger partial charge in [-0.2, -0.15) is 0 Å². The molecule has 0 spiro atoms. The second-order valence-electron chi connectivity index (χ2n) is 5.24. The van der Waals surface area contributed by atoms with Gasteiger partial charge in [-0.1, -0.05) is 48.5 Å². The summed E-state index contributed by atoms with van der Waals surface area (Å²) in [4.78, 5) is 0. The Labute approximate surface area is 124 Å². The van der Waals surface area contributed by atoms with E-state index in [1.807, 2.05) is 55.5 Å². The molecule has 106 valence electrons. The molecule has 1 atom stereocenters. The van der Waals surface area contributed by atoms with Gasteiger partial charge in [0, 0.05) is 0 Å². The first-order valence-corrected chi connectivity index (χ1v) is 7.00. The summed E-state index contributed by atoms with van der Waals surface area (Å²) in [5.41, 5.74) is 2.79. The number of rotatable bonds is 3. The zero-order valence-corrected chi connectivity index (χ0v) is 12.2. The van der Waals surface area contributed by atoms with Crippen LogP contribution in [0.3, 0.4) is 0 Å². The van der Waals surface area contributed by atoms with Crippen molar-refractivity contribution in [2.24, 2.45) is 0 Å². The summed E-state index contributed by atoms with van der Waals surface area (Å²) in [6, 6.07) is 20.0. The number of hydrogen-bond acceptors (Lipinski definition) is 2. The van der Waals surface area contributed by atoms with Gasteiger partial charge >= 0.3 is 0 Å². The largest absolute Gasteiger partial charge is 0.496 e. The molecule has 0 saturated heterocycles. The number of hydrogen-bond donors (Lipinski definition) is 1. The van der Waals surface area contributed by atoms with Gasteiger partial charge in [-0.05, 0) is 46.5 Å². The summed E-state index contributed by atoms with van der Waals surface area (Å²) < 4.78 is 5.33. The predicted octanol–water partition coefficient (Wildman–Crippen LogP) is 4.24. The van der Waals surface area contributed by atoms with Crippen molar-refractivity contribution in [1.82, 2.24) is 0 Å². The highest BCUT2D eigenvalue weighted by Crippen LogP contribution is 2.29. The molecule has 0 aromatic heterocycles. The fourth-order valence-corrected chi connectivity index (χ4v) is 2.58. The molecule has 3 aromatic rings. The third-order valence-electron chi connectivity index (χ3n) is 3.84. The van der Waals surface area contributed by atoms with Gasteiger partial charge in [0.15, 0.2) is 0 Å². The van der Waals surface area contributed by atoms with E-state index < -0.39 is 6.10 Å². The third kappa shape index (κ3) is 2.63. The summed E-state index contributed by atoms with van der Waals surface area (Å²) in [5, 5.41) is 12.9. The Hall–Kier alpha value is -2.32. The Kier molecular flexibility index (Phi) is 3.63. The fraction of sp³-hybridized carbons (Fsp3) is 0.158. The zero-order chi connectivity index (χ0) is 14.8. The van der Waals surface area contributed by atoms with Crippen molar-refractivity contribution in [3.63, 3.8) is 0 Å². The van der Waals surface area contributed by atoms with Crippen molar-refractivity contribution in [2.45, 2.75) is 13.0 Å². The first-order chi connectivity index (χ1) is 10.2. The molecule has 1 N–H and O–H groups in total. The number of methoxy groups -OCH3 is 1. The maximum absolute atomic E-state index is 10.6. The van der Waals surface area contributed by atoms with E-state index in [1.54, 1.807) is 7.11 Å². The number of aliphatic hydroxyl groups is 1. The smallest absolute Gasteiger partial charge is 0.122 e. The molecule has 0 saturated carbocycles. The highest BCUT2D eigenvalue weighted by atomic mass is 16.5. The highest BCUT2D eigenvalue weighted by Gasteiger charge is 2.12. The molecule has 21 heavy (non-hydrogen) atoms. The molecule has 0 bridgehead atoms. The number of aryl methyl sites for hydroxylation is 1. The molecule has 0 radical (unpaired) electrons. The monoisotopic (exact) mass is 278 g/mol. The van der Waals surface area contributed by atoms with Gasteiger partial charge < -0.3 is 9.84 Å². The van der Waals surface area contributed by atoms with E-state index in [4.69, 9.17) is 4.74 Å². The van der Waals surface area contributed by atoms with Crippen LogP contribution in [0.4, 0.5) is 0 Å². The normalized spacial score (nSPS) is 12.3. The van der Waals surface area contributed by atoms with Gasteiger partial charge in [0.1, 0.15) is 11.9 Å². The van der Waals surface area contributed by atoms with Crippen LogP contribution in [-0.2, 0) is 0 Å². The van der Waals surface area contributed by atoms with E-state index in [0.29, 0.717) is 0 Å². The topological polar surface area (TPSA) is 29.5 Å². The molecule has 2 heteroatoms. The van der Waals surface area contributed by atoms with Crippen LogP contribution in [0.1, 0.15) is 22.8 Å². The Morgan fingerprint density at radius 1 is 0.857 bits per heavy atom. The molecule has 0 fully saturated rings. The van der Waals surface area contributed by atoms with Crippen LogP contribution < -0.4 is 4.74 Å². The van der Waals surface area contributed by atoms with E-state index in [9.17, 15) is 5.11 Å². The van der Waals surface area contributed by atoms with Crippen LogP contribution in [0.25, 0.3) is 10.8 Å². The molecular weight excluding hydrogens is 260 g/mol. The minimum atomic E-state index is -0.649. The molecule has 0 aliphatic rings. The molecule has 1 unspecified atom stereocenters. The lowest BCUT2D eigenvalue weighted by Gasteiger charge is -2.14. The van der Waals surface area contributed by atoms with E-state index in [1.165, 1.54) is 5.39 Å². The average molecular weight is 278 g/mol. The van der Waals surface area contributed by atoms with Crippen LogP contribution >= 0.6 is 0 Å². The van der Waals surface area contributed by atoms with Crippen LogP contribution in [-0.4, -0.2) is 12.2 Å². The van der Waals surface area contributed by atoms with Crippen LogP contribution in [0.5, 0.6) is 5.75 Å². The van der Waals surface area contributed by atoms with Gasteiger partial charge in [-0.15, -0.1) is 0 Å². The molecule has 2 nitrogen and oxygen atoms in total. The van der Waals surface area contributed by atoms with Crippen LogP contribution in [0.15, 0.2) is 60.7 Å². The summed E-state index contributed by atoms with van der Waals surface area (Å²) in [5.74, 6) is 0.798. The van der Waals surface area contributed by atoms with Crippen LogP contribution in [0, 0.1) is 6.92 Å². The predicted molar refractivity (Wildman–Crippen MR) is 85.7 cm³/mol. The van der Waals surface area contributed by atoms with Crippen molar-refractivity contribution in [2.75, 3.05) is 7.11 Å². The second kappa shape index (κ2) is 5.58. The molecule has 0 aliphatic carbocycles. The molecule has 0 amide bonds. The first kappa shape index (κ1) is 13.7. The Morgan fingerprint density at radius 2 is 1.52 bits per heavy atom. The quantitative estimate of drug-likeness (QED) is 0.776. The molecule has 3 rings (SSSR count). The van der Waals surface area contributed by atoms with Gasteiger partial charge in [0.2, 0.25) is 0 Å². The number of benzene rings is 3. The van der Waals surface area contributed by atoms with E-state index >= 15 is 0 Å². The van der Waals surface area contributed by atoms with Crippen molar-refractivity contribution in [1.29, 1.82) is 0 Å². The van der Waals surface area contributed by atoms with Gasteiger partial charge in [-0.25, -0.2) is 0 Å². The Morgan fingerprint density at radius 3 is 2.29 bits per heavy atom. The average Bonchev–Trinajstić information content (AvgIpc) is 2.54. The maximum atomic E-state index is 10.6. The number of ether oxygens (including phenoxy) is 1. The molecule has 0 heterocycles. The van der Waals surface area contributed by atoms with Gasteiger partial charge in [-0.3, -0.25) is 0 Å². The van der Waals surface area contributed by atoms with E-state index in [2.05, 4.69) is 12.1 Å². The van der Waals surface area contributed by atoms with Gasteiger partial charge in [0.05, 0.1) is 7.11 Å². The first-order valence-electron chi connectivity index (χ1n) is 7.00. The second-order valence-corrected chi connectivity index (χ2v) is 5.24. The third-order valence-corrected chi connectivity index (χ3v) is 3.84. The van der Waals surface area contributed by atoms with Crippen molar-refractivity contribution < 1.29 is 9.84 Å². The molecule has 3 aromatic carbocycles. The van der Waals surface area contributed by atoms with Gasteiger partial charge in [0.25, 0.3) is 0 Å². The summed E-state index contributed by atoms with van der Waals surface area (Å²) in [7, 11) is 1.65. The lowest BCUT2D eigenvalue weighted by atomic mass is 9.97. The Balaban J connectivity index is 2.01. The zero-order valence-electron chi connectivity index (χ0n) is 12.2. The molecule has 0 aliphatic heterocycles. The van der Waals surface area contributed by atoms with Crippen molar-refractivity contribution >= 4 is 10.8 Å².